The Hall–Kier alpha value is -2.46. The number of nitrogens with one attached hydrogen (secondary N) is 1. The lowest BCUT2D eigenvalue weighted by Crippen LogP contribution is -2.16. The van der Waals surface area contributed by atoms with Gasteiger partial charge in [-0.1, -0.05) is 6.07 Å². The van der Waals surface area contributed by atoms with Gasteiger partial charge in [-0.25, -0.2) is 0 Å². The van der Waals surface area contributed by atoms with Gasteiger partial charge in [0.2, 0.25) is 0 Å². The van der Waals surface area contributed by atoms with Crippen LogP contribution < -0.4 is 10.1 Å². The quantitative estimate of drug-likeness (QED) is 0.757. The van der Waals surface area contributed by atoms with E-state index >= 15 is 0 Å². The van der Waals surface area contributed by atoms with Crippen molar-refractivity contribution in [2.24, 2.45) is 0 Å². The van der Waals surface area contributed by atoms with E-state index in [9.17, 15) is 0 Å². The number of rotatable bonds is 6. The van der Waals surface area contributed by atoms with Crippen molar-refractivity contribution in [2.75, 3.05) is 13.6 Å². The molecule has 3 aromatic rings. The number of aromatic nitrogens is 2. The molecule has 112 valence electrons. The minimum Gasteiger partial charge on any atom is -0.485 e. The molecule has 0 aliphatic heterocycles. The molecule has 0 saturated heterocycles. The van der Waals surface area contributed by atoms with Crippen LogP contribution in [0.4, 0.5) is 0 Å². The molecule has 1 atom stereocenters. The molecule has 1 N–H and O–H groups in total. The Kier molecular flexibility index (Phi) is 4.61. The van der Waals surface area contributed by atoms with Crippen LogP contribution in [-0.4, -0.2) is 23.6 Å². The average molecular weight is 293 g/mol. The number of benzene rings is 1. The summed E-state index contributed by atoms with van der Waals surface area (Å²) in [6.45, 7) is 0.885. The van der Waals surface area contributed by atoms with E-state index in [0.717, 1.165) is 35.2 Å². The summed E-state index contributed by atoms with van der Waals surface area (Å²) < 4.78 is 6.31. The Balaban J connectivity index is 1.92. The molecule has 0 saturated carbocycles. The maximum Gasteiger partial charge on any atom is 0.129 e. The zero-order valence-corrected chi connectivity index (χ0v) is 12.6. The SMILES string of the molecule is CNCCC(Oc1cccc2ncccc12)c1ccncc1. The van der Waals surface area contributed by atoms with E-state index in [1.54, 1.807) is 18.6 Å². The molecular weight excluding hydrogens is 274 g/mol. The number of hydrogen-bond donors (Lipinski definition) is 1. The Bertz CT molecular complexity index is 725. The van der Waals surface area contributed by atoms with Gasteiger partial charge in [-0.3, -0.25) is 9.97 Å². The lowest BCUT2D eigenvalue weighted by atomic mass is 10.1. The van der Waals surface area contributed by atoms with Gasteiger partial charge in [0.15, 0.2) is 0 Å². The predicted octanol–water partition coefficient (Wildman–Crippen LogP) is 3.36. The van der Waals surface area contributed by atoms with Crippen LogP contribution in [0.5, 0.6) is 5.75 Å². The highest BCUT2D eigenvalue weighted by Gasteiger charge is 2.14. The predicted molar refractivity (Wildman–Crippen MR) is 87.9 cm³/mol. The van der Waals surface area contributed by atoms with Crippen molar-refractivity contribution in [3.8, 4) is 5.75 Å². The van der Waals surface area contributed by atoms with Crippen LogP contribution >= 0.6 is 0 Å². The lowest BCUT2D eigenvalue weighted by Gasteiger charge is -2.20. The minimum absolute atomic E-state index is 0.0127. The molecule has 2 heterocycles. The molecule has 4 nitrogen and oxygen atoms in total. The van der Waals surface area contributed by atoms with Gasteiger partial charge in [-0.2, -0.15) is 0 Å². The van der Waals surface area contributed by atoms with Crippen molar-refractivity contribution in [2.45, 2.75) is 12.5 Å². The number of ether oxygens (including phenoxy) is 1. The van der Waals surface area contributed by atoms with Crippen LogP contribution in [0.2, 0.25) is 0 Å². The minimum atomic E-state index is -0.0127. The van der Waals surface area contributed by atoms with E-state index in [1.807, 2.05) is 49.5 Å². The van der Waals surface area contributed by atoms with Crippen molar-refractivity contribution < 1.29 is 4.74 Å². The van der Waals surface area contributed by atoms with Gasteiger partial charge in [-0.05, 0) is 55.6 Å². The van der Waals surface area contributed by atoms with Crippen LogP contribution in [0.15, 0.2) is 61.1 Å². The fraction of sp³-hybridized carbons (Fsp3) is 0.222. The molecule has 0 amide bonds. The zero-order valence-electron chi connectivity index (χ0n) is 12.6. The lowest BCUT2D eigenvalue weighted by molar-refractivity contribution is 0.197. The molecule has 4 heteroatoms. The maximum absolute atomic E-state index is 6.31. The Labute approximate surface area is 130 Å². The van der Waals surface area contributed by atoms with E-state index < -0.39 is 0 Å². The average Bonchev–Trinajstić information content (AvgIpc) is 2.59. The first-order valence-electron chi connectivity index (χ1n) is 7.43. The van der Waals surface area contributed by atoms with E-state index in [4.69, 9.17) is 4.74 Å². The molecule has 22 heavy (non-hydrogen) atoms. The number of pyridine rings is 2. The van der Waals surface area contributed by atoms with Crippen LogP contribution in [0, 0.1) is 0 Å². The van der Waals surface area contributed by atoms with E-state index in [0.29, 0.717) is 0 Å². The fourth-order valence-electron chi connectivity index (χ4n) is 2.48. The van der Waals surface area contributed by atoms with Gasteiger partial charge in [0.05, 0.1) is 5.52 Å². The molecule has 0 bridgehead atoms. The summed E-state index contributed by atoms with van der Waals surface area (Å²) in [5, 5.41) is 4.22. The normalized spacial score (nSPS) is 12.2. The van der Waals surface area contributed by atoms with Gasteiger partial charge in [0, 0.05) is 30.4 Å². The smallest absolute Gasteiger partial charge is 0.129 e. The second-order valence-corrected chi connectivity index (χ2v) is 5.11. The highest BCUT2D eigenvalue weighted by molar-refractivity contribution is 5.84. The van der Waals surface area contributed by atoms with Crippen molar-refractivity contribution in [1.29, 1.82) is 0 Å². The first-order chi connectivity index (χ1) is 10.9. The topological polar surface area (TPSA) is 47.0 Å². The van der Waals surface area contributed by atoms with Gasteiger partial charge < -0.3 is 10.1 Å². The van der Waals surface area contributed by atoms with Crippen molar-refractivity contribution in [1.82, 2.24) is 15.3 Å². The maximum atomic E-state index is 6.31. The molecule has 0 spiro atoms. The van der Waals surface area contributed by atoms with E-state index in [1.165, 1.54) is 0 Å². The zero-order chi connectivity index (χ0) is 15.2. The molecule has 0 aliphatic rings. The summed E-state index contributed by atoms with van der Waals surface area (Å²) in [4.78, 5) is 8.47. The van der Waals surface area contributed by atoms with Crippen LogP contribution in [0.3, 0.4) is 0 Å². The van der Waals surface area contributed by atoms with Crippen LogP contribution in [0.1, 0.15) is 18.1 Å². The van der Waals surface area contributed by atoms with Crippen molar-refractivity contribution >= 4 is 10.9 Å². The highest BCUT2D eigenvalue weighted by atomic mass is 16.5. The number of nitrogens with zero attached hydrogens (tertiary/aromatic N) is 2. The van der Waals surface area contributed by atoms with E-state index in [2.05, 4.69) is 15.3 Å². The standard InChI is InChI=1S/C18H19N3O/c1-19-11-9-17(14-7-12-20-13-8-14)22-18-6-2-5-16-15(18)4-3-10-21-16/h2-8,10,12-13,17,19H,9,11H2,1H3. The summed E-state index contributed by atoms with van der Waals surface area (Å²) in [5.74, 6) is 0.864. The molecule has 0 radical (unpaired) electrons. The summed E-state index contributed by atoms with van der Waals surface area (Å²) >= 11 is 0. The molecule has 2 aromatic heterocycles. The largest absolute Gasteiger partial charge is 0.485 e. The van der Waals surface area contributed by atoms with Crippen molar-refractivity contribution in [3.05, 3.63) is 66.6 Å². The Morgan fingerprint density at radius 2 is 1.91 bits per heavy atom. The fourth-order valence-corrected chi connectivity index (χ4v) is 2.48. The molecule has 0 fully saturated rings. The van der Waals surface area contributed by atoms with Crippen LogP contribution in [0.25, 0.3) is 10.9 Å². The molecule has 1 aromatic carbocycles. The summed E-state index contributed by atoms with van der Waals surface area (Å²) in [5.41, 5.74) is 2.08. The molecule has 1 unspecified atom stereocenters. The number of fused-ring (bicyclic) bond motifs is 1. The van der Waals surface area contributed by atoms with Gasteiger partial charge in [0.25, 0.3) is 0 Å². The van der Waals surface area contributed by atoms with Gasteiger partial charge in [0.1, 0.15) is 11.9 Å². The third-order valence-corrected chi connectivity index (χ3v) is 3.61. The second-order valence-electron chi connectivity index (χ2n) is 5.11. The Morgan fingerprint density at radius 3 is 2.73 bits per heavy atom. The molecule has 0 aliphatic carbocycles. The third-order valence-electron chi connectivity index (χ3n) is 3.61. The van der Waals surface area contributed by atoms with Gasteiger partial charge in [-0.15, -0.1) is 0 Å². The summed E-state index contributed by atoms with van der Waals surface area (Å²) in [7, 11) is 1.95. The van der Waals surface area contributed by atoms with E-state index in [-0.39, 0.29) is 6.10 Å². The summed E-state index contributed by atoms with van der Waals surface area (Å²) in [6.07, 6.45) is 6.28. The van der Waals surface area contributed by atoms with Crippen LogP contribution in [-0.2, 0) is 0 Å². The first-order valence-corrected chi connectivity index (χ1v) is 7.43. The van der Waals surface area contributed by atoms with Crippen molar-refractivity contribution in [3.63, 3.8) is 0 Å². The molecular formula is C18H19N3O. The third kappa shape index (κ3) is 3.23. The number of hydrogen-bond acceptors (Lipinski definition) is 4. The summed E-state index contributed by atoms with van der Waals surface area (Å²) in [6, 6.07) is 14.0. The molecule has 3 rings (SSSR count). The Morgan fingerprint density at radius 1 is 1.05 bits per heavy atom. The highest BCUT2D eigenvalue weighted by Crippen LogP contribution is 2.30. The first kappa shape index (κ1) is 14.5. The second kappa shape index (κ2) is 7.00. The van der Waals surface area contributed by atoms with Gasteiger partial charge >= 0.3 is 0 Å². The monoisotopic (exact) mass is 293 g/mol.